The Labute approximate surface area is 121 Å². The molecule has 0 saturated heterocycles. The van der Waals surface area contributed by atoms with Crippen molar-refractivity contribution in [3.63, 3.8) is 0 Å². The van der Waals surface area contributed by atoms with Gasteiger partial charge in [-0.25, -0.2) is 0 Å². The van der Waals surface area contributed by atoms with Crippen LogP contribution in [0.3, 0.4) is 0 Å². The molecule has 3 aromatic rings. The van der Waals surface area contributed by atoms with E-state index in [2.05, 4.69) is 15.1 Å². The fourth-order valence-corrected chi connectivity index (χ4v) is 1.88. The summed E-state index contributed by atoms with van der Waals surface area (Å²) < 4.78 is 10.2. The smallest absolute Gasteiger partial charge is 0.258 e. The number of hydrogen-bond acceptors (Lipinski definition) is 6. The molecule has 6 nitrogen and oxygen atoms in total. The van der Waals surface area contributed by atoms with E-state index in [0.717, 1.165) is 11.3 Å². The Morgan fingerprint density at radius 2 is 1.95 bits per heavy atom. The summed E-state index contributed by atoms with van der Waals surface area (Å²) in [6.45, 7) is 1.91. The topological polar surface area (TPSA) is 81.3 Å². The van der Waals surface area contributed by atoms with Crippen LogP contribution in [0.15, 0.2) is 41.1 Å². The lowest BCUT2D eigenvalue weighted by Gasteiger charge is -2.03. The molecular formula is C15H13N3O3. The van der Waals surface area contributed by atoms with Gasteiger partial charge in [0.15, 0.2) is 11.5 Å². The number of benzene rings is 1. The minimum Gasteiger partial charge on any atom is -0.504 e. The second-order valence-corrected chi connectivity index (χ2v) is 4.50. The number of rotatable bonds is 3. The van der Waals surface area contributed by atoms with Crippen molar-refractivity contribution in [1.82, 2.24) is 15.1 Å². The number of aromatic nitrogens is 3. The van der Waals surface area contributed by atoms with Crippen LogP contribution in [0.1, 0.15) is 5.69 Å². The number of phenols is 1. The molecule has 0 atom stereocenters. The van der Waals surface area contributed by atoms with E-state index < -0.39 is 0 Å². The fourth-order valence-electron chi connectivity index (χ4n) is 1.88. The van der Waals surface area contributed by atoms with E-state index >= 15 is 0 Å². The standard InChI is InChI=1S/C15H13N3O3/c1-9-3-4-11(8-16-9)14-17-15(21-18-14)10-5-6-13(20-2)12(19)7-10/h3-8,19H,1-2H3. The van der Waals surface area contributed by atoms with Gasteiger partial charge in [-0.1, -0.05) is 5.16 Å². The zero-order valence-electron chi connectivity index (χ0n) is 11.6. The van der Waals surface area contributed by atoms with Crippen LogP contribution in [0.5, 0.6) is 11.5 Å². The number of hydrogen-bond donors (Lipinski definition) is 1. The monoisotopic (exact) mass is 283 g/mol. The van der Waals surface area contributed by atoms with Gasteiger partial charge in [0.2, 0.25) is 5.82 Å². The van der Waals surface area contributed by atoms with Crippen LogP contribution < -0.4 is 4.74 Å². The summed E-state index contributed by atoms with van der Waals surface area (Å²) in [7, 11) is 1.49. The Hall–Kier alpha value is -2.89. The molecule has 0 spiro atoms. The van der Waals surface area contributed by atoms with Crippen LogP contribution in [-0.4, -0.2) is 27.3 Å². The summed E-state index contributed by atoms with van der Waals surface area (Å²) in [5.74, 6) is 1.18. The van der Waals surface area contributed by atoms with Crippen LogP contribution in [0.4, 0.5) is 0 Å². The van der Waals surface area contributed by atoms with Crippen LogP contribution in [0.2, 0.25) is 0 Å². The van der Waals surface area contributed by atoms with E-state index in [1.165, 1.54) is 13.2 Å². The van der Waals surface area contributed by atoms with Gasteiger partial charge in [-0.3, -0.25) is 4.98 Å². The first-order valence-corrected chi connectivity index (χ1v) is 6.31. The Bertz CT molecular complexity index is 766. The summed E-state index contributed by atoms with van der Waals surface area (Å²) in [6.07, 6.45) is 1.69. The van der Waals surface area contributed by atoms with Crippen molar-refractivity contribution in [3.05, 3.63) is 42.2 Å². The second kappa shape index (κ2) is 5.24. The van der Waals surface area contributed by atoms with Gasteiger partial charge >= 0.3 is 0 Å². The first-order chi connectivity index (χ1) is 10.2. The van der Waals surface area contributed by atoms with Crippen LogP contribution in [-0.2, 0) is 0 Å². The van der Waals surface area contributed by atoms with E-state index in [-0.39, 0.29) is 5.75 Å². The number of phenolic OH excluding ortho intramolecular Hbond substituents is 1. The van der Waals surface area contributed by atoms with Gasteiger partial charge in [0.05, 0.1) is 7.11 Å². The maximum atomic E-state index is 9.78. The third-order valence-corrected chi connectivity index (χ3v) is 3.02. The highest BCUT2D eigenvalue weighted by Crippen LogP contribution is 2.31. The lowest BCUT2D eigenvalue weighted by molar-refractivity contribution is 0.373. The average molecular weight is 283 g/mol. The van der Waals surface area contributed by atoms with E-state index in [1.54, 1.807) is 18.3 Å². The number of pyridine rings is 1. The molecule has 0 radical (unpaired) electrons. The van der Waals surface area contributed by atoms with E-state index in [0.29, 0.717) is 23.0 Å². The molecule has 0 amide bonds. The summed E-state index contributed by atoms with van der Waals surface area (Å²) in [6, 6.07) is 8.65. The lowest BCUT2D eigenvalue weighted by atomic mass is 10.2. The van der Waals surface area contributed by atoms with Crippen molar-refractivity contribution in [1.29, 1.82) is 0 Å². The molecule has 0 saturated carbocycles. The zero-order valence-corrected chi connectivity index (χ0v) is 11.6. The Morgan fingerprint density at radius 3 is 2.62 bits per heavy atom. The third-order valence-electron chi connectivity index (χ3n) is 3.02. The minimum atomic E-state index is 0.0201. The highest BCUT2D eigenvalue weighted by molar-refractivity contribution is 5.62. The summed E-state index contributed by atoms with van der Waals surface area (Å²) >= 11 is 0. The van der Waals surface area contributed by atoms with Crippen molar-refractivity contribution in [2.24, 2.45) is 0 Å². The lowest BCUT2D eigenvalue weighted by Crippen LogP contribution is -1.86. The normalized spacial score (nSPS) is 10.6. The van der Waals surface area contributed by atoms with Crippen LogP contribution in [0, 0.1) is 6.92 Å². The molecule has 0 fully saturated rings. The summed E-state index contributed by atoms with van der Waals surface area (Å²) in [5.41, 5.74) is 2.31. The Balaban J connectivity index is 1.94. The van der Waals surface area contributed by atoms with Crippen molar-refractivity contribution in [2.45, 2.75) is 6.92 Å². The SMILES string of the molecule is COc1ccc(-c2nc(-c3ccc(C)nc3)no2)cc1O. The summed E-state index contributed by atoms with van der Waals surface area (Å²) in [5, 5.41) is 13.7. The van der Waals surface area contributed by atoms with Crippen molar-refractivity contribution < 1.29 is 14.4 Å². The summed E-state index contributed by atoms with van der Waals surface area (Å²) in [4.78, 5) is 8.50. The van der Waals surface area contributed by atoms with Gasteiger partial charge in [-0.2, -0.15) is 4.98 Å². The fraction of sp³-hybridized carbons (Fsp3) is 0.133. The minimum absolute atomic E-state index is 0.0201. The highest BCUT2D eigenvalue weighted by atomic mass is 16.5. The third kappa shape index (κ3) is 2.55. The molecule has 3 rings (SSSR count). The molecule has 2 heterocycles. The Morgan fingerprint density at radius 1 is 1.14 bits per heavy atom. The number of aryl methyl sites for hydroxylation is 1. The van der Waals surface area contributed by atoms with Gasteiger partial charge in [0.25, 0.3) is 5.89 Å². The van der Waals surface area contributed by atoms with Gasteiger partial charge in [0.1, 0.15) is 0 Å². The number of ether oxygens (including phenoxy) is 1. The molecule has 106 valence electrons. The first-order valence-electron chi connectivity index (χ1n) is 6.31. The molecule has 0 aliphatic carbocycles. The zero-order chi connectivity index (χ0) is 14.8. The molecule has 6 heteroatoms. The van der Waals surface area contributed by atoms with Crippen molar-refractivity contribution >= 4 is 0 Å². The van der Waals surface area contributed by atoms with Crippen LogP contribution >= 0.6 is 0 Å². The van der Waals surface area contributed by atoms with E-state index in [1.807, 2.05) is 19.1 Å². The quantitative estimate of drug-likeness (QED) is 0.796. The largest absolute Gasteiger partial charge is 0.504 e. The number of aromatic hydroxyl groups is 1. The first kappa shape index (κ1) is 13.1. The molecule has 0 unspecified atom stereocenters. The van der Waals surface area contributed by atoms with Gasteiger partial charge in [-0.05, 0) is 37.3 Å². The van der Waals surface area contributed by atoms with Crippen molar-refractivity contribution in [2.75, 3.05) is 7.11 Å². The molecule has 0 aliphatic rings. The molecule has 1 N–H and O–H groups in total. The maximum absolute atomic E-state index is 9.78. The maximum Gasteiger partial charge on any atom is 0.258 e. The number of nitrogens with zero attached hydrogens (tertiary/aromatic N) is 3. The van der Waals surface area contributed by atoms with Gasteiger partial charge < -0.3 is 14.4 Å². The average Bonchev–Trinajstić information content (AvgIpc) is 2.98. The van der Waals surface area contributed by atoms with E-state index in [9.17, 15) is 5.11 Å². The van der Waals surface area contributed by atoms with Crippen LogP contribution in [0.25, 0.3) is 22.8 Å². The van der Waals surface area contributed by atoms with Crippen molar-refractivity contribution in [3.8, 4) is 34.3 Å². The van der Waals surface area contributed by atoms with E-state index in [4.69, 9.17) is 9.26 Å². The molecule has 1 aromatic carbocycles. The van der Waals surface area contributed by atoms with Gasteiger partial charge in [-0.15, -0.1) is 0 Å². The second-order valence-electron chi connectivity index (χ2n) is 4.50. The number of methoxy groups -OCH3 is 1. The molecule has 2 aromatic heterocycles. The Kier molecular flexibility index (Phi) is 3.27. The molecule has 0 aliphatic heterocycles. The predicted molar refractivity (Wildman–Crippen MR) is 75.9 cm³/mol. The molecule has 0 bridgehead atoms. The predicted octanol–water partition coefficient (Wildman–Crippen LogP) is 2.82. The van der Waals surface area contributed by atoms with Gasteiger partial charge in [0, 0.05) is 23.0 Å². The molecular weight excluding hydrogens is 270 g/mol. The molecule has 21 heavy (non-hydrogen) atoms. The highest BCUT2D eigenvalue weighted by Gasteiger charge is 2.12.